The summed E-state index contributed by atoms with van der Waals surface area (Å²) in [6.07, 6.45) is 0. The molecule has 2 aromatic rings. The summed E-state index contributed by atoms with van der Waals surface area (Å²) in [6.45, 7) is 5.55. The topological polar surface area (TPSA) is 77.1 Å². The third-order valence-electron chi connectivity index (χ3n) is 4.92. The van der Waals surface area contributed by atoms with Gasteiger partial charge in [0.25, 0.3) is 11.8 Å². The molecule has 0 saturated carbocycles. The molecule has 0 aromatic heterocycles. The standard InChI is InChI=1S/C23H26N2O5/c1-13(2)25-22(26)20(15-8-10-18(29-5)19(12-15)30-6)21(23(25)27)24-16-11-14(3)7-9-17(16)28-4/h7-13,24H,1-6H3. The summed E-state index contributed by atoms with van der Waals surface area (Å²) in [5, 5.41) is 3.15. The molecule has 1 aliphatic rings. The van der Waals surface area contributed by atoms with Crippen LogP contribution >= 0.6 is 0 Å². The third-order valence-corrected chi connectivity index (χ3v) is 4.92. The van der Waals surface area contributed by atoms with Gasteiger partial charge in [-0.05, 0) is 56.2 Å². The van der Waals surface area contributed by atoms with Gasteiger partial charge >= 0.3 is 0 Å². The molecular formula is C23H26N2O5. The van der Waals surface area contributed by atoms with E-state index in [9.17, 15) is 9.59 Å². The van der Waals surface area contributed by atoms with Gasteiger partial charge in [-0.2, -0.15) is 0 Å². The Bertz CT molecular complexity index is 1030. The van der Waals surface area contributed by atoms with E-state index in [1.807, 2.05) is 25.1 Å². The van der Waals surface area contributed by atoms with E-state index in [2.05, 4.69) is 5.32 Å². The van der Waals surface area contributed by atoms with Crippen molar-refractivity contribution in [2.75, 3.05) is 26.6 Å². The minimum atomic E-state index is -0.386. The second kappa shape index (κ2) is 8.49. The molecule has 2 amide bonds. The molecule has 0 unspecified atom stereocenters. The number of imide groups is 1. The minimum Gasteiger partial charge on any atom is -0.495 e. The van der Waals surface area contributed by atoms with E-state index >= 15 is 0 Å². The number of anilines is 1. The first-order chi connectivity index (χ1) is 14.3. The van der Waals surface area contributed by atoms with Gasteiger partial charge in [0, 0.05) is 6.04 Å². The molecule has 7 nitrogen and oxygen atoms in total. The number of nitrogens with zero attached hydrogens (tertiary/aromatic N) is 1. The number of carbonyl (C=O) groups excluding carboxylic acids is 2. The highest BCUT2D eigenvalue weighted by atomic mass is 16.5. The van der Waals surface area contributed by atoms with Crippen LogP contribution in [0.1, 0.15) is 25.0 Å². The lowest BCUT2D eigenvalue weighted by molar-refractivity contribution is -0.138. The van der Waals surface area contributed by atoms with Gasteiger partial charge in [0.05, 0.1) is 32.6 Å². The van der Waals surface area contributed by atoms with E-state index in [1.54, 1.807) is 46.3 Å². The maximum atomic E-state index is 13.2. The number of hydrogen-bond acceptors (Lipinski definition) is 6. The highest BCUT2D eigenvalue weighted by Crippen LogP contribution is 2.37. The molecular weight excluding hydrogens is 384 g/mol. The molecule has 158 valence electrons. The molecule has 1 N–H and O–H groups in total. The summed E-state index contributed by atoms with van der Waals surface area (Å²) < 4.78 is 16.1. The van der Waals surface area contributed by atoms with Crippen molar-refractivity contribution in [2.24, 2.45) is 0 Å². The van der Waals surface area contributed by atoms with Crippen LogP contribution in [0.3, 0.4) is 0 Å². The van der Waals surface area contributed by atoms with E-state index in [0.717, 1.165) is 5.56 Å². The van der Waals surface area contributed by atoms with Crippen molar-refractivity contribution in [2.45, 2.75) is 26.8 Å². The predicted octanol–water partition coefficient (Wildman–Crippen LogP) is 3.62. The number of nitrogens with one attached hydrogen (secondary N) is 1. The highest BCUT2D eigenvalue weighted by molar-refractivity contribution is 6.36. The number of rotatable bonds is 7. The van der Waals surface area contributed by atoms with Crippen LogP contribution in [0.25, 0.3) is 5.57 Å². The third kappa shape index (κ3) is 3.70. The summed E-state index contributed by atoms with van der Waals surface area (Å²) in [6, 6.07) is 10.4. The smallest absolute Gasteiger partial charge is 0.278 e. The van der Waals surface area contributed by atoms with Gasteiger partial charge in [0.2, 0.25) is 0 Å². The molecule has 1 aliphatic heterocycles. The van der Waals surface area contributed by atoms with Crippen molar-refractivity contribution in [1.29, 1.82) is 0 Å². The first-order valence-corrected chi connectivity index (χ1v) is 9.58. The lowest BCUT2D eigenvalue weighted by Crippen LogP contribution is -2.38. The summed E-state index contributed by atoms with van der Waals surface area (Å²) >= 11 is 0. The Hall–Kier alpha value is -3.48. The number of amides is 2. The van der Waals surface area contributed by atoms with Crippen molar-refractivity contribution < 1.29 is 23.8 Å². The number of ether oxygens (including phenoxy) is 3. The highest BCUT2D eigenvalue weighted by Gasteiger charge is 2.41. The summed E-state index contributed by atoms with van der Waals surface area (Å²) in [7, 11) is 4.62. The van der Waals surface area contributed by atoms with Gasteiger partial charge in [-0.15, -0.1) is 0 Å². The van der Waals surface area contributed by atoms with Gasteiger partial charge in [-0.25, -0.2) is 0 Å². The maximum absolute atomic E-state index is 13.2. The fraction of sp³-hybridized carbons (Fsp3) is 0.304. The van der Waals surface area contributed by atoms with Gasteiger partial charge in [0.1, 0.15) is 11.4 Å². The molecule has 0 atom stereocenters. The Morgan fingerprint density at radius 3 is 2.07 bits per heavy atom. The van der Waals surface area contributed by atoms with Crippen LogP contribution < -0.4 is 19.5 Å². The number of methoxy groups -OCH3 is 3. The Labute approximate surface area is 176 Å². The summed E-state index contributed by atoms with van der Waals surface area (Å²) in [5.41, 5.74) is 2.63. The molecule has 0 saturated heterocycles. The van der Waals surface area contributed by atoms with Crippen LogP contribution in [0.4, 0.5) is 5.69 Å². The summed E-state index contributed by atoms with van der Waals surface area (Å²) in [5.74, 6) is 0.829. The van der Waals surface area contributed by atoms with Crippen LogP contribution in [0.5, 0.6) is 17.2 Å². The number of benzene rings is 2. The van der Waals surface area contributed by atoms with Crippen molar-refractivity contribution in [3.8, 4) is 17.2 Å². The Morgan fingerprint density at radius 1 is 0.833 bits per heavy atom. The quantitative estimate of drug-likeness (QED) is 0.703. The SMILES string of the molecule is COc1ccc(C)cc1NC1=C(c2ccc(OC)c(OC)c2)C(=O)N(C(C)C)C1=O. The van der Waals surface area contributed by atoms with Crippen molar-refractivity contribution in [3.63, 3.8) is 0 Å². The minimum absolute atomic E-state index is 0.199. The molecule has 0 radical (unpaired) electrons. The molecule has 0 aliphatic carbocycles. The zero-order chi connectivity index (χ0) is 22.0. The zero-order valence-electron chi connectivity index (χ0n) is 18.0. The average Bonchev–Trinajstić information content (AvgIpc) is 2.97. The van der Waals surface area contributed by atoms with Crippen molar-refractivity contribution in [1.82, 2.24) is 4.90 Å². The number of hydrogen-bond donors (Lipinski definition) is 1. The van der Waals surface area contributed by atoms with Crippen LogP contribution in [0.2, 0.25) is 0 Å². The fourth-order valence-electron chi connectivity index (χ4n) is 3.45. The van der Waals surface area contributed by atoms with Crippen molar-refractivity contribution in [3.05, 3.63) is 53.2 Å². The Kier molecular flexibility index (Phi) is 6.01. The Balaban J connectivity index is 2.18. The van der Waals surface area contributed by atoms with E-state index in [-0.39, 0.29) is 29.1 Å². The molecule has 7 heteroatoms. The monoisotopic (exact) mass is 410 g/mol. The molecule has 2 aromatic carbocycles. The van der Waals surface area contributed by atoms with Gasteiger partial charge < -0.3 is 19.5 Å². The molecule has 1 heterocycles. The zero-order valence-corrected chi connectivity index (χ0v) is 18.0. The van der Waals surface area contributed by atoms with Crippen LogP contribution in [0, 0.1) is 6.92 Å². The van der Waals surface area contributed by atoms with Crippen molar-refractivity contribution >= 4 is 23.1 Å². The lowest BCUT2D eigenvalue weighted by atomic mass is 10.0. The summed E-state index contributed by atoms with van der Waals surface area (Å²) in [4.78, 5) is 27.7. The molecule has 3 rings (SSSR count). The van der Waals surface area contributed by atoms with Gasteiger partial charge in [-0.3, -0.25) is 14.5 Å². The first kappa shape index (κ1) is 21.2. The fourth-order valence-corrected chi connectivity index (χ4v) is 3.45. The van der Waals surface area contributed by atoms with Crippen LogP contribution in [-0.2, 0) is 9.59 Å². The molecule has 0 fully saturated rings. The largest absolute Gasteiger partial charge is 0.495 e. The van der Waals surface area contributed by atoms with E-state index in [1.165, 1.54) is 12.0 Å². The second-order valence-corrected chi connectivity index (χ2v) is 7.22. The van der Waals surface area contributed by atoms with E-state index < -0.39 is 0 Å². The normalized spacial score (nSPS) is 13.9. The average molecular weight is 410 g/mol. The first-order valence-electron chi connectivity index (χ1n) is 9.58. The maximum Gasteiger partial charge on any atom is 0.278 e. The van der Waals surface area contributed by atoms with Crippen LogP contribution in [-0.4, -0.2) is 44.1 Å². The Morgan fingerprint density at radius 2 is 1.47 bits per heavy atom. The van der Waals surface area contributed by atoms with Gasteiger partial charge in [0.15, 0.2) is 11.5 Å². The van der Waals surface area contributed by atoms with Gasteiger partial charge in [-0.1, -0.05) is 12.1 Å². The van der Waals surface area contributed by atoms with Crippen LogP contribution in [0.15, 0.2) is 42.1 Å². The predicted molar refractivity (Wildman–Crippen MR) is 115 cm³/mol. The molecule has 30 heavy (non-hydrogen) atoms. The molecule has 0 bridgehead atoms. The molecule has 0 spiro atoms. The van der Waals surface area contributed by atoms with E-state index in [4.69, 9.17) is 14.2 Å². The lowest BCUT2D eigenvalue weighted by Gasteiger charge is -2.19. The van der Waals surface area contributed by atoms with E-state index in [0.29, 0.717) is 28.5 Å². The number of aryl methyl sites for hydroxylation is 1. The number of carbonyl (C=O) groups is 2. The second-order valence-electron chi connectivity index (χ2n) is 7.22.